The Morgan fingerprint density at radius 3 is 2.92 bits per heavy atom. The van der Waals surface area contributed by atoms with Gasteiger partial charge in [0.2, 0.25) is 0 Å². The van der Waals surface area contributed by atoms with Gasteiger partial charge in [0.1, 0.15) is 17.9 Å². The molecule has 0 bridgehead atoms. The van der Waals surface area contributed by atoms with Crippen molar-refractivity contribution in [2.75, 3.05) is 0 Å². The highest BCUT2D eigenvalue weighted by Gasteiger charge is 2.04. The molecule has 2 aromatic heterocycles. The highest BCUT2D eigenvalue weighted by atomic mass is 15.0. The van der Waals surface area contributed by atoms with Crippen molar-refractivity contribution in [1.82, 2.24) is 4.98 Å². The van der Waals surface area contributed by atoms with Crippen molar-refractivity contribution in [3.63, 3.8) is 0 Å². The molecule has 13 heavy (non-hydrogen) atoms. The topological polar surface area (TPSA) is 19.9 Å². The SMILES string of the molecule is c1ccc2c(c1)ccc1[nH]cc[n+]12. The number of aromatic nitrogens is 2. The largest absolute Gasteiger partial charge is 0.284 e. The molecule has 3 rings (SSSR count). The van der Waals surface area contributed by atoms with E-state index in [1.54, 1.807) is 0 Å². The summed E-state index contributed by atoms with van der Waals surface area (Å²) in [6.07, 6.45) is 3.99. The lowest BCUT2D eigenvalue weighted by molar-refractivity contribution is -0.479. The lowest BCUT2D eigenvalue weighted by Gasteiger charge is -1.93. The fraction of sp³-hybridized carbons (Fsp3) is 0. The van der Waals surface area contributed by atoms with Crippen molar-refractivity contribution in [3.8, 4) is 0 Å². The van der Waals surface area contributed by atoms with Gasteiger partial charge in [0.15, 0.2) is 0 Å². The molecular formula is C11H9N2+. The van der Waals surface area contributed by atoms with Gasteiger partial charge in [0.05, 0.1) is 0 Å². The van der Waals surface area contributed by atoms with Gasteiger partial charge in [-0.1, -0.05) is 18.2 Å². The van der Waals surface area contributed by atoms with Crippen LogP contribution in [0.4, 0.5) is 0 Å². The van der Waals surface area contributed by atoms with Gasteiger partial charge in [-0.3, -0.25) is 0 Å². The summed E-state index contributed by atoms with van der Waals surface area (Å²) in [5.74, 6) is 0. The molecule has 0 amide bonds. The molecule has 2 nitrogen and oxygen atoms in total. The number of H-pyrrole nitrogens is 1. The third kappa shape index (κ3) is 0.855. The number of benzene rings is 1. The minimum atomic E-state index is 1.12. The summed E-state index contributed by atoms with van der Waals surface area (Å²) in [5, 5.41) is 1.26. The molecule has 0 aliphatic carbocycles. The predicted octanol–water partition coefficient (Wildman–Crippen LogP) is 1.91. The number of rotatable bonds is 0. The van der Waals surface area contributed by atoms with E-state index in [-0.39, 0.29) is 0 Å². The predicted molar refractivity (Wildman–Crippen MR) is 51.5 cm³/mol. The average Bonchev–Trinajstić information content (AvgIpc) is 2.65. The monoisotopic (exact) mass is 169 g/mol. The molecule has 0 saturated carbocycles. The first-order chi connectivity index (χ1) is 6.45. The Balaban J connectivity index is 2.65. The molecule has 62 valence electrons. The van der Waals surface area contributed by atoms with Crippen molar-refractivity contribution in [2.45, 2.75) is 0 Å². The van der Waals surface area contributed by atoms with Crippen LogP contribution in [0.5, 0.6) is 0 Å². The quantitative estimate of drug-likeness (QED) is 0.496. The van der Waals surface area contributed by atoms with Crippen LogP contribution in [0.25, 0.3) is 16.6 Å². The molecule has 0 unspecified atom stereocenters. The number of imidazole rings is 1. The van der Waals surface area contributed by atoms with Crippen molar-refractivity contribution in [3.05, 3.63) is 48.8 Å². The first-order valence-corrected chi connectivity index (χ1v) is 4.32. The Hall–Kier alpha value is -1.83. The maximum absolute atomic E-state index is 3.17. The molecule has 0 aliphatic rings. The van der Waals surface area contributed by atoms with Crippen LogP contribution in [0.15, 0.2) is 48.8 Å². The zero-order valence-electron chi connectivity index (χ0n) is 7.07. The number of aromatic amines is 1. The second kappa shape index (κ2) is 2.33. The average molecular weight is 169 g/mol. The molecule has 0 radical (unpaired) electrons. The van der Waals surface area contributed by atoms with E-state index in [0.717, 1.165) is 5.65 Å². The number of nitrogens with one attached hydrogen (secondary N) is 1. The minimum Gasteiger partial charge on any atom is -0.243 e. The maximum Gasteiger partial charge on any atom is 0.284 e. The summed E-state index contributed by atoms with van der Waals surface area (Å²) in [5.41, 5.74) is 2.36. The normalized spacial score (nSPS) is 11.1. The molecule has 2 heteroatoms. The third-order valence-electron chi connectivity index (χ3n) is 2.33. The van der Waals surface area contributed by atoms with Crippen LogP contribution >= 0.6 is 0 Å². The molecule has 0 atom stereocenters. The Morgan fingerprint density at radius 2 is 1.92 bits per heavy atom. The van der Waals surface area contributed by atoms with Crippen LogP contribution < -0.4 is 4.40 Å². The Labute approximate surface area is 75.5 Å². The summed E-state index contributed by atoms with van der Waals surface area (Å²) < 4.78 is 2.15. The van der Waals surface area contributed by atoms with E-state index in [9.17, 15) is 0 Å². The van der Waals surface area contributed by atoms with E-state index < -0.39 is 0 Å². The molecule has 0 spiro atoms. The summed E-state index contributed by atoms with van der Waals surface area (Å²) in [4.78, 5) is 3.17. The molecular weight excluding hydrogens is 160 g/mol. The highest BCUT2D eigenvalue weighted by molar-refractivity contribution is 5.76. The Morgan fingerprint density at radius 1 is 1.00 bits per heavy atom. The second-order valence-electron chi connectivity index (χ2n) is 3.11. The number of para-hydroxylation sites is 1. The minimum absolute atomic E-state index is 1.12. The van der Waals surface area contributed by atoms with Crippen molar-refractivity contribution in [2.24, 2.45) is 0 Å². The van der Waals surface area contributed by atoms with Crippen molar-refractivity contribution < 1.29 is 4.40 Å². The van der Waals surface area contributed by atoms with Crippen molar-refractivity contribution in [1.29, 1.82) is 0 Å². The van der Waals surface area contributed by atoms with Gasteiger partial charge in [-0.15, -0.1) is 0 Å². The van der Waals surface area contributed by atoms with E-state index in [0.29, 0.717) is 0 Å². The smallest absolute Gasteiger partial charge is 0.243 e. The summed E-state index contributed by atoms with van der Waals surface area (Å²) in [7, 11) is 0. The van der Waals surface area contributed by atoms with Crippen LogP contribution in [0.1, 0.15) is 0 Å². The van der Waals surface area contributed by atoms with Gasteiger partial charge < -0.3 is 0 Å². The van der Waals surface area contributed by atoms with Gasteiger partial charge in [0, 0.05) is 11.5 Å². The number of fused-ring (bicyclic) bond motifs is 3. The summed E-state index contributed by atoms with van der Waals surface area (Å²) in [6.45, 7) is 0. The standard InChI is InChI=1S/C11H8N2/c1-2-4-10-9(3-1)5-6-11-12-7-8-13(10)11/h1-8H/p+1. The van der Waals surface area contributed by atoms with Crippen molar-refractivity contribution >= 4 is 16.6 Å². The molecule has 0 fully saturated rings. The van der Waals surface area contributed by atoms with Crippen LogP contribution in [0, 0.1) is 0 Å². The van der Waals surface area contributed by atoms with E-state index in [1.807, 2.05) is 12.4 Å². The van der Waals surface area contributed by atoms with Crippen LogP contribution in [0.2, 0.25) is 0 Å². The fourth-order valence-electron chi connectivity index (χ4n) is 1.70. The number of nitrogens with zero attached hydrogens (tertiary/aromatic N) is 1. The van der Waals surface area contributed by atoms with E-state index in [1.165, 1.54) is 10.9 Å². The maximum atomic E-state index is 3.17. The molecule has 3 aromatic rings. The van der Waals surface area contributed by atoms with E-state index in [2.05, 4.69) is 45.8 Å². The first-order valence-electron chi connectivity index (χ1n) is 4.32. The lowest BCUT2D eigenvalue weighted by Crippen LogP contribution is -2.18. The molecule has 1 aromatic carbocycles. The Kier molecular flexibility index (Phi) is 1.19. The summed E-state index contributed by atoms with van der Waals surface area (Å²) >= 11 is 0. The molecule has 2 heterocycles. The number of pyridine rings is 1. The first kappa shape index (κ1) is 6.66. The van der Waals surface area contributed by atoms with Gasteiger partial charge in [-0.05, 0) is 12.1 Å². The van der Waals surface area contributed by atoms with Crippen LogP contribution in [0.3, 0.4) is 0 Å². The van der Waals surface area contributed by atoms with Gasteiger partial charge >= 0.3 is 0 Å². The highest BCUT2D eigenvalue weighted by Crippen LogP contribution is 2.09. The zero-order valence-corrected chi connectivity index (χ0v) is 7.07. The lowest BCUT2D eigenvalue weighted by atomic mass is 10.2. The third-order valence-corrected chi connectivity index (χ3v) is 2.33. The van der Waals surface area contributed by atoms with Gasteiger partial charge in [-0.2, -0.15) is 4.40 Å². The van der Waals surface area contributed by atoms with Gasteiger partial charge in [0.25, 0.3) is 5.65 Å². The zero-order chi connectivity index (χ0) is 8.67. The molecule has 0 aliphatic heterocycles. The summed E-state index contributed by atoms with van der Waals surface area (Å²) in [6, 6.07) is 12.6. The number of hydrogen-bond acceptors (Lipinski definition) is 0. The number of hydrogen-bond donors (Lipinski definition) is 1. The van der Waals surface area contributed by atoms with Gasteiger partial charge in [-0.25, -0.2) is 4.98 Å². The van der Waals surface area contributed by atoms with E-state index in [4.69, 9.17) is 0 Å². The van der Waals surface area contributed by atoms with E-state index >= 15 is 0 Å². The second-order valence-corrected chi connectivity index (χ2v) is 3.11. The molecule has 0 saturated heterocycles. The van der Waals surface area contributed by atoms with Crippen LogP contribution in [-0.2, 0) is 0 Å². The fourth-order valence-corrected chi connectivity index (χ4v) is 1.70. The van der Waals surface area contributed by atoms with Crippen LogP contribution in [-0.4, -0.2) is 4.98 Å². The Bertz CT molecular complexity index is 566. The molecule has 1 N–H and O–H groups in total.